The van der Waals surface area contributed by atoms with Crippen LogP contribution in [0.5, 0.6) is 0 Å². The molecule has 0 aliphatic rings. The maximum atomic E-state index is 4.61. The van der Waals surface area contributed by atoms with Gasteiger partial charge in [0.15, 0.2) is 0 Å². The topological polar surface area (TPSA) is 25.8 Å². The number of hydrogen-bond acceptors (Lipinski definition) is 2. The molecule has 0 atom stereocenters. The molecule has 0 saturated heterocycles. The molecule has 0 N–H and O–H groups in total. The molecule has 3 heteroatoms. The Labute approximate surface area is 270 Å². The van der Waals surface area contributed by atoms with Gasteiger partial charge >= 0.3 is 0 Å². The van der Waals surface area contributed by atoms with Crippen LogP contribution in [0.2, 0.25) is 0 Å². The largest absolute Gasteiger partial charge is 0.305 e. The summed E-state index contributed by atoms with van der Waals surface area (Å²) in [4.78, 5) is 9.11. The van der Waals surface area contributed by atoms with Gasteiger partial charge in [-0.05, 0) is 40.6 Å². The first-order valence-corrected chi connectivity index (χ1v) is 14.4. The van der Waals surface area contributed by atoms with Crippen LogP contribution < -0.4 is 0 Å². The summed E-state index contributed by atoms with van der Waals surface area (Å²) < 4.78 is 0. The van der Waals surface area contributed by atoms with E-state index >= 15 is 0 Å². The van der Waals surface area contributed by atoms with E-state index in [4.69, 9.17) is 0 Å². The molecule has 6 aromatic rings. The van der Waals surface area contributed by atoms with E-state index in [1.54, 1.807) is 0 Å². The Morgan fingerprint density at radius 2 is 1.30 bits per heavy atom. The molecule has 6 rings (SSSR count). The molecule has 1 radical (unpaired) electrons. The Kier molecular flexibility index (Phi) is 11.0. The van der Waals surface area contributed by atoms with Gasteiger partial charge in [-0.3, -0.25) is 0 Å². The maximum Gasteiger partial charge on any atom is 0.0163 e. The Morgan fingerprint density at radius 3 is 2.00 bits per heavy atom. The van der Waals surface area contributed by atoms with Gasteiger partial charge in [0, 0.05) is 37.9 Å². The number of nitrogens with zero attached hydrogens (tertiary/aromatic N) is 2. The number of benzene rings is 4. The van der Waals surface area contributed by atoms with Crippen molar-refractivity contribution in [3.63, 3.8) is 0 Å². The molecular formula is C40H36IrN2-2. The molecule has 0 fully saturated rings. The first kappa shape index (κ1) is 31.8. The Hall–Kier alpha value is -4.17. The molecular weight excluding hydrogens is 701 g/mol. The van der Waals surface area contributed by atoms with Crippen molar-refractivity contribution in [1.29, 1.82) is 0 Å². The molecule has 2 aromatic heterocycles. The molecule has 0 amide bonds. The molecule has 2 heterocycles. The van der Waals surface area contributed by atoms with Gasteiger partial charge in [-0.15, -0.1) is 71.3 Å². The van der Waals surface area contributed by atoms with E-state index < -0.39 is 0 Å². The third kappa shape index (κ3) is 7.82. The van der Waals surface area contributed by atoms with Crippen molar-refractivity contribution in [1.82, 2.24) is 9.97 Å². The molecule has 43 heavy (non-hydrogen) atoms. The quantitative estimate of drug-likeness (QED) is 0.159. The number of aromatic nitrogens is 2. The second-order valence-electron chi connectivity index (χ2n) is 11.2. The third-order valence-electron chi connectivity index (χ3n) is 7.58. The maximum absolute atomic E-state index is 4.61. The standard InChI is InChI=1S/2C20H18N.Ir/c1-20(2,17-12-7-4-8-13-17)18-14-9-15-21-19(18)16-10-5-3-6-11-16;1-15(2)17-11-12-21-20(14-17)19-10-6-9-18(13-19)16-7-4-3-5-8-16;/h3-10,12-15H,1-2H3;3-9,11-15H,1-2H3;/q2*-1;. The third-order valence-corrected chi connectivity index (χ3v) is 7.58. The minimum atomic E-state index is -0.103. The summed E-state index contributed by atoms with van der Waals surface area (Å²) >= 11 is 0. The van der Waals surface area contributed by atoms with Crippen LogP contribution >= 0.6 is 0 Å². The molecule has 0 aliphatic heterocycles. The zero-order chi connectivity index (χ0) is 29.4. The summed E-state index contributed by atoms with van der Waals surface area (Å²) in [6.07, 6.45) is 3.73. The first-order valence-electron chi connectivity index (χ1n) is 14.4. The second-order valence-corrected chi connectivity index (χ2v) is 11.2. The smallest absolute Gasteiger partial charge is 0.0163 e. The Morgan fingerprint density at radius 1 is 0.605 bits per heavy atom. The summed E-state index contributed by atoms with van der Waals surface area (Å²) in [5, 5.41) is 0. The van der Waals surface area contributed by atoms with Crippen molar-refractivity contribution >= 4 is 0 Å². The summed E-state index contributed by atoms with van der Waals surface area (Å²) in [5.41, 5.74) is 10.2. The van der Waals surface area contributed by atoms with Gasteiger partial charge in [0.05, 0.1) is 0 Å². The van der Waals surface area contributed by atoms with Gasteiger partial charge in [-0.2, -0.15) is 0 Å². The van der Waals surface area contributed by atoms with Crippen LogP contribution in [0.4, 0.5) is 0 Å². The number of hydrogen-bond donors (Lipinski definition) is 0. The molecule has 0 aliphatic carbocycles. The number of pyridine rings is 2. The predicted molar refractivity (Wildman–Crippen MR) is 175 cm³/mol. The van der Waals surface area contributed by atoms with Crippen LogP contribution in [-0.4, -0.2) is 9.97 Å². The molecule has 0 spiro atoms. The van der Waals surface area contributed by atoms with Crippen molar-refractivity contribution < 1.29 is 20.1 Å². The fourth-order valence-electron chi connectivity index (χ4n) is 5.05. The van der Waals surface area contributed by atoms with Crippen LogP contribution in [0.25, 0.3) is 33.6 Å². The zero-order valence-electron chi connectivity index (χ0n) is 25.1. The van der Waals surface area contributed by atoms with Gasteiger partial charge in [0.1, 0.15) is 0 Å². The molecule has 4 aromatic carbocycles. The Bertz CT molecular complexity index is 1710. The average molecular weight is 737 g/mol. The minimum Gasteiger partial charge on any atom is -0.305 e. The SMILES string of the molecule is CC(C)(c1ccccc1)c1cccnc1-c1[c-]cccc1.CC(C)c1ccnc(-c2[c-]ccc(-c3ccccc3)c2)c1.[Ir]. The molecule has 0 saturated carbocycles. The molecule has 2 nitrogen and oxygen atoms in total. The number of rotatable bonds is 6. The van der Waals surface area contributed by atoms with Gasteiger partial charge < -0.3 is 9.97 Å². The van der Waals surface area contributed by atoms with E-state index in [0.717, 1.165) is 22.5 Å². The van der Waals surface area contributed by atoms with Gasteiger partial charge in [-0.1, -0.05) is 112 Å². The van der Waals surface area contributed by atoms with Crippen molar-refractivity contribution in [3.8, 4) is 33.6 Å². The summed E-state index contributed by atoms with van der Waals surface area (Å²) in [6, 6.07) is 50.2. The van der Waals surface area contributed by atoms with Crippen molar-refractivity contribution in [2.75, 3.05) is 0 Å². The van der Waals surface area contributed by atoms with E-state index in [1.807, 2.05) is 48.8 Å². The second kappa shape index (κ2) is 14.8. The normalized spacial score (nSPS) is 10.8. The van der Waals surface area contributed by atoms with Crippen molar-refractivity contribution in [3.05, 3.63) is 169 Å². The van der Waals surface area contributed by atoms with E-state index in [0.29, 0.717) is 5.92 Å². The van der Waals surface area contributed by atoms with E-state index in [-0.39, 0.29) is 25.5 Å². The summed E-state index contributed by atoms with van der Waals surface area (Å²) in [6.45, 7) is 8.88. The van der Waals surface area contributed by atoms with Crippen LogP contribution in [0.3, 0.4) is 0 Å². The Balaban J connectivity index is 0.000000192. The van der Waals surface area contributed by atoms with E-state index in [9.17, 15) is 0 Å². The van der Waals surface area contributed by atoms with Crippen LogP contribution in [0.15, 0.2) is 140 Å². The predicted octanol–water partition coefficient (Wildman–Crippen LogP) is 10.2. The van der Waals surface area contributed by atoms with Gasteiger partial charge in [0.25, 0.3) is 0 Å². The van der Waals surface area contributed by atoms with E-state index in [1.165, 1.54) is 27.8 Å². The fourth-order valence-corrected chi connectivity index (χ4v) is 5.05. The van der Waals surface area contributed by atoms with Crippen molar-refractivity contribution in [2.45, 2.75) is 39.0 Å². The molecule has 0 unspecified atom stereocenters. The van der Waals surface area contributed by atoms with Crippen LogP contribution in [0.1, 0.15) is 50.3 Å². The van der Waals surface area contributed by atoms with Crippen LogP contribution in [-0.2, 0) is 25.5 Å². The summed E-state index contributed by atoms with van der Waals surface area (Å²) in [5.74, 6) is 0.504. The molecule has 217 valence electrons. The van der Waals surface area contributed by atoms with Crippen molar-refractivity contribution in [2.24, 2.45) is 0 Å². The average Bonchev–Trinajstić information content (AvgIpc) is 3.06. The zero-order valence-corrected chi connectivity index (χ0v) is 27.5. The minimum absolute atomic E-state index is 0. The fraction of sp³-hybridized carbons (Fsp3) is 0.150. The molecule has 0 bridgehead atoms. The first-order chi connectivity index (χ1) is 20.4. The van der Waals surface area contributed by atoms with E-state index in [2.05, 4.69) is 141 Å². The van der Waals surface area contributed by atoms with Gasteiger partial charge in [0.2, 0.25) is 0 Å². The monoisotopic (exact) mass is 737 g/mol. The van der Waals surface area contributed by atoms with Gasteiger partial charge in [-0.25, -0.2) is 0 Å². The van der Waals surface area contributed by atoms with Crippen LogP contribution in [0, 0.1) is 12.1 Å². The summed E-state index contributed by atoms with van der Waals surface area (Å²) in [7, 11) is 0.